The first-order chi connectivity index (χ1) is 12.7. The lowest BCUT2D eigenvalue weighted by Gasteiger charge is -2.29. The molecule has 0 unspecified atom stereocenters. The third-order valence-corrected chi connectivity index (χ3v) is 5.47. The number of nitrogens with zero attached hydrogens (tertiary/aromatic N) is 1. The van der Waals surface area contributed by atoms with Crippen LogP contribution in [-0.2, 0) is 4.79 Å². The van der Waals surface area contributed by atoms with E-state index >= 15 is 0 Å². The molecule has 144 valence electrons. The van der Waals surface area contributed by atoms with E-state index in [0.717, 1.165) is 5.56 Å². The number of ether oxygens (including phenoxy) is 1. The monoisotopic (exact) mass is 386 g/mol. The third kappa shape index (κ3) is 4.16. The number of carbonyl (C=O) groups excluding carboxylic acids is 2. The summed E-state index contributed by atoms with van der Waals surface area (Å²) in [6.07, 6.45) is 0. The van der Waals surface area contributed by atoms with Gasteiger partial charge in [0.15, 0.2) is 0 Å². The SMILES string of the molecule is Cc1csc(C(=O)Nc2ccc3c(c2)N(CC(C)C)C(=O)C(C)(C)CO3)c1. The van der Waals surface area contributed by atoms with Gasteiger partial charge in [-0.25, -0.2) is 0 Å². The van der Waals surface area contributed by atoms with Gasteiger partial charge in [0.05, 0.1) is 16.0 Å². The van der Waals surface area contributed by atoms with Crippen LogP contribution >= 0.6 is 11.3 Å². The van der Waals surface area contributed by atoms with Crippen molar-refractivity contribution >= 4 is 34.5 Å². The average Bonchev–Trinajstić information content (AvgIpc) is 3.01. The Morgan fingerprint density at radius 2 is 2.07 bits per heavy atom. The number of carbonyl (C=O) groups is 2. The number of hydrogen-bond acceptors (Lipinski definition) is 4. The Morgan fingerprint density at radius 3 is 2.70 bits per heavy atom. The topological polar surface area (TPSA) is 58.6 Å². The Kier molecular flexibility index (Phi) is 5.29. The molecule has 0 spiro atoms. The molecule has 27 heavy (non-hydrogen) atoms. The number of aryl methyl sites for hydroxylation is 1. The highest BCUT2D eigenvalue weighted by molar-refractivity contribution is 7.12. The molecule has 1 aromatic carbocycles. The molecule has 0 aliphatic carbocycles. The lowest BCUT2D eigenvalue weighted by atomic mass is 9.92. The minimum atomic E-state index is -0.605. The summed E-state index contributed by atoms with van der Waals surface area (Å²) >= 11 is 1.42. The molecule has 6 heteroatoms. The first-order valence-electron chi connectivity index (χ1n) is 9.12. The summed E-state index contributed by atoms with van der Waals surface area (Å²) in [5.41, 5.74) is 1.82. The van der Waals surface area contributed by atoms with Crippen LogP contribution in [0.4, 0.5) is 11.4 Å². The van der Waals surface area contributed by atoms with E-state index in [2.05, 4.69) is 19.2 Å². The molecule has 1 aromatic heterocycles. The quantitative estimate of drug-likeness (QED) is 0.827. The molecule has 1 aliphatic rings. The summed E-state index contributed by atoms with van der Waals surface area (Å²) in [6.45, 7) is 10.8. The number of thiophene rings is 1. The van der Waals surface area contributed by atoms with E-state index in [1.54, 1.807) is 4.90 Å². The maximum atomic E-state index is 13.1. The van der Waals surface area contributed by atoms with E-state index in [9.17, 15) is 9.59 Å². The van der Waals surface area contributed by atoms with Gasteiger partial charge in [-0.2, -0.15) is 0 Å². The van der Waals surface area contributed by atoms with Crippen molar-refractivity contribution in [2.75, 3.05) is 23.4 Å². The molecular weight excluding hydrogens is 360 g/mol. The van der Waals surface area contributed by atoms with Crippen LogP contribution in [0.25, 0.3) is 0 Å². The Balaban J connectivity index is 1.93. The highest BCUT2D eigenvalue weighted by Gasteiger charge is 2.38. The Hall–Kier alpha value is -2.34. The smallest absolute Gasteiger partial charge is 0.265 e. The van der Waals surface area contributed by atoms with Gasteiger partial charge in [-0.15, -0.1) is 11.3 Å². The summed E-state index contributed by atoms with van der Waals surface area (Å²) in [5.74, 6) is 0.861. The van der Waals surface area contributed by atoms with Crippen molar-refractivity contribution in [3.05, 3.63) is 40.1 Å². The molecule has 2 aromatic rings. The molecule has 3 rings (SSSR count). The summed E-state index contributed by atoms with van der Waals surface area (Å²) in [6, 6.07) is 7.33. The second kappa shape index (κ2) is 7.35. The van der Waals surface area contributed by atoms with Gasteiger partial charge in [0.2, 0.25) is 5.91 Å². The fourth-order valence-electron chi connectivity index (χ4n) is 3.01. The van der Waals surface area contributed by atoms with Gasteiger partial charge in [-0.3, -0.25) is 9.59 Å². The largest absolute Gasteiger partial charge is 0.490 e. The molecule has 0 radical (unpaired) electrons. The first-order valence-corrected chi connectivity index (χ1v) is 10.0. The number of fused-ring (bicyclic) bond motifs is 1. The lowest BCUT2D eigenvalue weighted by Crippen LogP contribution is -2.43. The third-order valence-electron chi connectivity index (χ3n) is 4.42. The van der Waals surface area contributed by atoms with E-state index in [4.69, 9.17) is 4.74 Å². The molecular formula is C21H26N2O3S. The molecule has 0 atom stereocenters. The van der Waals surface area contributed by atoms with Crippen molar-refractivity contribution in [2.45, 2.75) is 34.6 Å². The van der Waals surface area contributed by atoms with Gasteiger partial charge in [0.1, 0.15) is 12.4 Å². The van der Waals surface area contributed by atoms with Gasteiger partial charge >= 0.3 is 0 Å². The van der Waals surface area contributed by atoms with Gasteiger partial charge < -0.3 is 15.0 Å². The van der Waals surface area contributed by atoms with E-state index < -0.39 is 5.41 Å². The van der Waals surface area contributed by atoms with Crippen LogP contribution < -0.4 is 15.0 Å². The van der Waals surface area contributed by atoms with Crippen LogP contribution in [0.15, 0.2) is 29.6 Å². The van der Waals surface area contributed by atoms with Crippen molar-refractivity contribution in [2.24, 2.45) is 11.3 Å². The number of hydrogen-bond donors (Lipinski definition) is 1. The zero-order valence-corrected chi connectivity index (χ0v) is 17.3. The molecule has 0 fully saturated rings. The number of nitrogens with one attached hydrogen (secondary N) is 1. The van der Waals surface area contributed by atoms with Gasteiger partial charge in [0, 0.05) is 12.2 Å². The van der Waals surface area contributed by atoms with E-state index in [0.29, 0.717) is 41.1 Å². The molecule has 1 aliphatic heterocycles. The molecule has 5 nitrogen and oxygen atoms in total. The van der Waals surface area contributed by atoms with Crippen LogP contribution in [0.2, 0.25) is 0 Å². The average molecular weight is 387 g/mol. The predicted molar refractivity (Wildman–Crippen MR) is 110 cm³/mol. The van der Waals surface area contributed by atoms with E-state index in [1.807, 2.05) is 50.4 Å². The zero-order valence-electron chi connectivity index (χ0n) is 16.5. The number of anilines is 2. The van der Waals surface area contributed by atoms with Gasteiger partial charge in [-0.1, -0.05) is 13.8 Å². The highest BCUT2D eigenvalue weighted by Crippen LogP contribution is 2.38. The minimum absolute atomic E-state index is 0.0345. The fourth-order valence-corrected chi connectivity index (χ4v) is 3.81. The van der Waals surface area contributed by atoms with Crippen LogP contribution in [0.5, 0.6) is 5.75 Å². The summed E-state index contributed by atoms with van der Waals surface area (Å²) in [5, 5.41) is 4.88. The highest BCUT2D eigenvalue weighted by atomic mass is 32.1. The van der Waals surface area contributed by atoms with Crippen molar-refractivity contribution < 1.29 is 14.3 Å². The van der Waals surface area contributed by atoms with Crippen molar-refractivity contribution in [3.63, 3.8) is 0 Å². The van der Waals surface area contributed by atoms with E-state index in [-0.39, 0.29) is 11.8 Å². The maximum Gasteiger partial charge on any atom is 0.265 e. The normalized spacial score (nSPS) is 15.9. The molecule has 0 saturated heterocycles. The molecule has 0 bridgehead atoms. The first kappa shape index (κ1) is 19.4. The van der Waals surface area contributed by atoms with Crippen LogP contribution in [0, 0.1) is 18.3 Å². The number of benzene rings is 1. The Bertz CT molecular complexity index is 870. The second-order valence-corrected chi connectivity index (χ2v) is 9.02. The number of amides is 2. The molecule has 1 N–H and O–H groups in total. The lowest BCUT2D eigenvalue weighted by molar-refractivity contribution is -0.127. The Labute approximate surface area is 164 Å². The molecule has 2 heterocycles. The molecule has 0 saturated carbocycles. The van der Waals surface area contributed by atoms with Crippen molar-refractivity contribution in [1.29, 1.82) is 0 Å². The summed E-state index contributed by atoms with van der Waals surface area (Å²) in [4.78, 5) is 28.0. The Morgan fingerprint density at radius 1 is 1.33 bits per heavy atom. The minimum Gasteiger partial charge on any atom is -0.490 e. The summed E-state index contributed by atoms with van der Waals surface area (Å²) < 4.78 is 5.92. The zero-order chi connectivity index (χ0) is 19.8. The van der Waals surface area contributed by atoms with Crippen LogP contribution in [-0.4, -0.2) is 25.0 Å². The number of rotatable bonds is 4. The summed E-state index contributed by atoms with van der Waals surface area (Å²) in [7, 11) is 0. The van der Waals surface area contributed by atoms with Crippen molar-refractivity contribution in [1.82, 2.24) is 0 Å². The molecule has 2 amide bonds. The predicted octanol–water partition coefficient (Wildman–Crippen LogP) is 4.72. The van der Waals surface area contributed by atoms with Gasteiger partial charge in [0.25, 0.3) is 5.91 Å². The maximum absolute atomic E-state index is 13.1. The standard InChI is InChI=1S/C21H26N2O3S/c1-13(2)10-23-16-9-15(22-19(24)18-8-14(3)11-27-18)6-7-17(16)26-12-21(4,5)20(23)25/h6-9,11,13H,10,12H2,1-5H3,(H,22,24). The van der Waals surface area contributed by atoms with Gasteiger partial charge in [-0.05, 0) is 61.9 Å². The van der Waals surface area contributed by atoms with Crippen LogP contribution in [0.1, 0.15) is 42.9 Å². The van der Waals surface area contributed by atoms with E-state index in [1.165, 1.54) is 11.3 Å². The second-order valence-electron chi connectivity index (χ2n) is 8.11. The van der Waals surface area contributed by atoms with Crippen molar-refractivity contribution in [3.8, 4) is 5.75 Å². The van der Waals surface area contributed by atoms with Crippen LogP contribution in [0.3, 0.4) is 0 Å². The fraction of sp³-hybridized carbons (Fsp3) is 0.429.